The number of carbonyl (C=O) groups is 2. The zero-order valence-electron chi connectivity index (χ0n) is 16.1. The van der Waals surface area contributed by atoms with Gasteiger partial charge in [0.1, 0.15) is 5.82 Å². The van der Waals surface area contributed by atoms with Crippen LogP contribution in [0, 0.1) is 0 Å². The molecule has 0 bridgehead atoms. The lowest BCUT2D eigenvalue weighted by Crippen LogP contribution is -2.48. The first-order valence-corrected chi connectivity index (χ1v) is 9.83. The molecule has 3 heterocycles. The third-order valence-electron chi connectivity index (χ3n) is 4.37. The average molecular weight is 404 g/mol. The Morgan fingerprint density at radius 2 is 1.86 bits per heavy atom. The monoisotopic (exact) mass is 404 g/mol. The van der Waals surface area contributed by atoms with Crippen LogP contribution in [0.15, 0.2) is 23.7 Å². The number of piperazine rings is 1. The highest BCUT2D eigenvalue weighted by atomic mass is 32.1. The summed E-state index contributed by atoms with van der Waals surface area (Å²) in [7, 11) is 0. The van der Waals surface area contributed by atoms with Crippen LogP contribution >= 0.6 is 11.3 Å². The van der Waals surface area contributed by atoms with Gasteiger partial charge in [-0.15, -0.1) is 11.3 Å². The Balaban J connectivity index is 1.53. The summed E-state index contributed by atoms with van der Waals surface area (Å²) in [6, 6.07) is 3.21. The highest BCUT2D eigenvalue weighted by Gasteiger charge is 2.21. The topological polar surface area (TPSA) is 111 Å². The number of pyridine rings is 1. The van der Waals surface area contributed by atoms with E-state index >= 15 is 0 Å². The molecule has 0 unspecified atom stereocenters. The predicted molar refractivity (Wildman–Crippen MR) is 110 cm³/mol. The van der Waals surface area contributed by atoms with Crippen LogP contribution in [0.25, 0.3) is 0 Å². The van der Waals surface area contributed by atoms with E-state index in [2.05, 4.69) is 41.4 Å². The van der Waals surface area contributed by atoms with Crippen molar-refractivity contribution in [2.24, 2.45) is 0 Å². The number of urea groups is 1. The maximum absolute atomic E-state index is 12.2. The van der Waals surface area contributed by atoms with Crippen LogP contribution in [0.3, 0.4) is 0 Å². The number of thiazole rings is 1. The predicted octanol–water partition coefficient (Wildman–Crippen LogP) is 3.28. The molecule has 1 aliphatic heterocycles. The smallest absolute Gasteiger partial charge is 0.407 e. The maximum atomic E-state index is 12.2. The lowest BCUT2D eigenvalue weighted by atomic mass is 9.93. The van der Waals surface area contributed by atoms with Gasteiger partial charge in [0, 0.05) is 37.0 Å². The molecule has 1 aliphatic rings. The average Bonchev–Trinajstić information content (AvgIpc) is 3.11. The third-order valence-corrected chi connectivity index (χ3v) is 5.13. The van der Waals surface area contributed by atoms with Crippen LogP contribution in [0.4, 0.5) is 26.2 Å². The van der Waals surface area contributed by atoms with E-state index in [1.54, 1.807) is 12.3 Å². The molecule has 3 N–H and O–H groups in total. The van der Waals surface area contributed by atoms with Gasteiger partial charge in [0.05, 0.1) is 17.6 Å². The minimum Gasteiger partial charge on any atom is -0.465 e. The lowest BCUT2D eigenvalue weighted by molar-refractivity contribution is 0.142. The van der Waals surface area contributed by atoms with Crippen LogP contribution in [0.2, 0.25) is 0 Å². The van der Waals surface area contributed by atoms with E-state index in [-0.39, 0.29) is 11.4 Å². The summed E-state index contributed by atoms with van der Waals surface area (Å²) >= 11 is 1.39. The molecular formula is C18H24N6O3S. The Hall–Kier alpha value is -2.88. The van der Waals surface area contributed by atoms with Gasteiger partial charge in [-0.1, -0.05) is 20.8 Å². The van der Waals surface area contributed by atoms with Gasteiger partial charge in [-0.2, -0.15) is 0 Å². The van der Waals surface area contributed by atoms with E-state index in [0.717, 1.165) is 11.5 Å². The van der Waals surface area contributed by atoms with E-state index in [9.17, 15) is 9.59 Å². The Kier molecular flexibility index (Phi) is 5.68. The SMILES string of the molecule is CC(C)(C)c1csc(NC(=O)Nc2ccc(N3CCN(C(=O)O)CC3)nc2)n1. The molecule has 0 spiro atoms. The zero-order valence-corrected chi connectivity index (χ0v) is 16.9. The number of amides is 3. The van der Waals surface area contributed by atoms with Crippen LogP contribution in [-0.2, 0) is 5.41 Å². The minimum atomic E-state index is -0.895. The van der Waals surface area contributed by atoms with Crippen molar-refractivity contribution in [3.8, 4) is 0 Å². The van der Waals surface area contributed by atoms with Gasteiger partial charge in [0.15, 0.2) is 5.13 Å². The number of rotatable bonds is 3. The summed E-state index contributed by atoms with van der Waals surface area (Å²) < 4.78 is 0. The number of nitrogens with one attached hydrogen (secondary N) is 2. The summed E-state index contributed by atoms with van der Waals surface area (Å²) in [5.41, 5.74) is 1.43. The lowest BCUT2D eigenvalue weighted by Gasteiger charge is -2.33. The summed E-state index contributed by atoms with van der Waals surface area (Å²) in [5.74, 6) is 0.755. The largest absolute Gasteiger partial charge is 0.465 e. The molecule has 150 valence electrons. The Morgan fingerprint density at radius 3 is 2.39 bits per heavy atom. The number of anilines is 3. The zero-order chi connectivity index (χ0) is 20.3. The fourth-order valence-electron chi connectivity index (χ4n) is 2.71. The van der Waals surface area contributed by atoms with Crippen molar-refractivity contribution >= 4 is 40.1 Å². The fourth-order valence-corrected chi connectivity index (χ4v) is 3.64. The van der Waals surface area contributed by atoms with Gasteiger partial charge in [-0.3, -0.25) is 5.32 Å². The van der Waals surface area contributed by atoms with E-state index < -0.39 is 6.09 Å². The normalized spacial score (nSPS) is 14.7. The summed E-state index contributed by atoms with van der Waals surface area (Å²) in [5, 5.41) is 17.0. The van der Waals surface area contributed by atoms with Crippen LogP contribution in [-0.4, -0.2) is 58.3 Å². The molecule has 3 amide bonds. The molecule has 28 heavy (non-hydrogen) atoms. The minimum absolute atomic E-state index is 0.0669. The van der Waals surface area contributed by atoms with Gasteiger partial charge in [-0.25, -0.2) is 19.6 Å². The summed E-state index contributed by atoms with van der Waals surface area (Å²) in [6.07, 6.45) is 0.689. The van der Waals surface area contributed by atoms with Gasteiger partial charge in [-0.05, 0) is 12.1 Å². The van der Waals surface area contributed by atoms with E-state index in [4.69, 9.17) is 5.11 Å². The molecular weight excluding hydrogens is 380 g/mol. The Bertz CT molecular complexity index is 838. The van der Waals surface area contributed by atoms with Crippen molar-refractivity contribution in [1.29, 1.82) is 0 Å². The van der Waals surface area contributed by atoms with Gasteiger partial charge < -0.3 is 20.2 Å². The number of carbonyl (C=O) groups excluding carboxylic acids is 1. The molecule has 9 nitrogen and oxygen atoms in total. The molecule has 0 aromatic carbocycles. The van der Waals surface area contributed by atoms with Crippen LogP contribution in [0.1, 0.15) is 26.5 Å². The second-order valence-corrected chi connectivity index (χ2v) is 8.39. The quantitative estimate of drug-likeness (QED) is 0.724. The Morgan fingerprint density at radius 1 is 1.14 bits per heavy atom. The van der Waals surface area contributed by atoms with Crippen molar-refractivity contribution in [3.63, 3.8) is 0 Å². The maximum Gasteiger partial charge on any atom is 0.407 e. The third kappa shape index (κ3) is 4.89. The second-order valence-electron chi connectivity index (χ2n) is 7.53. The molecule has 0 atom stereocenters. The van der Waals surface area contributed by atoms with Crippen molar-refractivity contribution < 1.29 is 14.7 Å². The second kappa shape index (κ2) is 8.01. The molecule has 0 aliphatic carbocycles. The number of hydrogen-bond donors (Lipinski definition) is 3. The first-order valence-electron chi connectivity index (χ1n) is 8.95. The van der Waals surface area contributed by atoms with Gasteiger partial charge in [0.25, 0.3) is 0 Å². The molecule has 0 saturated carbocycles. The molecule has 3 rings (SSSR count). The molecule has 1 fully saturated rings. The molecule has 2 aromatic heterocycles. The summed E-state index contributed by atoms with van der Waals surface area (Å²) in [4.78, 5) is 35.4. The fraction of sp³-hybridized carbons (Fsp3) is 0.444. The first kappa shape index (κ1) is 19.9. The number of hydrogen-bond acceptors (Lipinski definition) is 6. The number of carboxylic acid groups (broad SMARTS) is 1. The van der Waals surface area contributed by atoms with Crippen molar-refractivity contribution in [2.45, 2.75) is 26.2 Å². The van der Waals surface area contributed by atoms with Crippen LogP contribution in [0.5, 0.6) is 0 Å². The number of nitrogens with zero attached hydrogens (tertiary/aromatic N) is 4. The van der Waals surface area contributed by atoms with Crippen LogP contribution < -0.4 is 15.5 Å². The number of aromatic nitrogens is 2. The van der Waals surface area contributed by atoms with E-state index in [0.29, 0.717) is 37.0 Å². The van der Waals surface area contributed by atoms with E-state index in [1.165, 1.54) is 16.2 Å². The van der Waals surface area contributed by atoms with Crippen molar-refractivity contribution in [1.82, 2.24) is 14.9 Å². The van der Waals surface area contributed by atoms with Crippen molar-refractivity contribution in [3.05, 3.63) is 29.4 Å². The van der Waals surface area contributed by atoms with E-state index in [1.807, 2.05) is 16.3 Å². The molecule has 2 aromatic rings. The highest BCUT2D eigenvalue weighted by molar-refractivity contribution is 7.14. The van der Waals surface area contributed by atoms with Gasteiger partial charge in [0.2, 0.25) is 0 Å². The highest BCUT2D eigenvalue weighted by Crippen LogP contribution is 2.26. The molecule has 10 heteroatoms. The Labute approximate surface area is 167 Å². The van der Waals surface area contributed by atoms with Crippen molar-refractivity contribution in [2.75, 3.05) is 41.7 Å². The summed E-state index contributed by atoms with van der Waals surface area (Å²) in [6.45, 7) is 8.29. The van der Waals surface area contributed by atoms with Gasteiger partial charge >= 0.3 is 12.1 Å². The standard InChI is InChI=1S/C18H24N6O3S/c1-18(2,3)13-11-28-16(21-13)22-15(25)20-12-4-5-14(19-10-12)23-6-8-24(9-7-23)17(26)27/h4-5,10-11H,6-9H2,1-3H3,(H,26,27)(H2,20,21,22,25). The molecule has 1 saturated heterocycles. The molecule has 0 radical (unpaired) electrons. The first-order chi connectivity index (χ1) is 13.2.